The maximum atomic E-state index is 12.4. The summed E-state index contributed by atoms with van der Waals surface area (Å²) >= 11 is 3.89. The number of aryl methyl sites for hydroxylation is 1. The van der Waals surface area contributed by atoms with Crippen molar-refractivity contribution < 1.29 is 9.59 Å². The van der Waals surface area contributed by atoms with E-state index in [-0.39, 0.29) is 18.4 Å². The number of piperazine rings is 1. The number of hydrogen-bond donors (Lipinski definition) is 0. The van der Waals surface area contributed by atoms with Gasteiger partial charge in [-0.3, -0.25) is 9.59 Å². The SMILES string of the molecule is Cc1cc(I)sc1N1CCN(C(=O)/C=C/CN(C)C)CC1=O. The average molecular weight is 433 g/mol. The topological polar surface area (TPSA) is 43.9 Å². The van der Waals surface area contributed by atoms with Gasteiger partial charge in [0.25, 0.3) is 0 Å². The first kappa shape index (κ1) is 17.4. The van der Waals surface area contributed by atoms with Crippen molar-refractivity contribution in [1.29, 1.82) is 0 Å². The fourth-order valence-electron chi connectivity index (χ4n) is 2.25. The molecular formula is C15H20IN3O2S. The van der Waals surface area contributed by atoms with Crippen LogP contribution in [-0.4, -0.2) is 61.9 Å². The highest BCUT2D eigenvalue weighted by Gasteiger charge is 2.28. The van der Waals surface area contributed by atoms with Gasteiger partial charge in [0.1, 0.15) is 11.5 Å². The Hall–Kier alpha value is -0.930. The van der Waals surface area contributed by atoms with Crippen molar-refractivity contribution >= 4 is 50.7 Å². The van der Waals surface area contributed by atoms with E-state index in [4.69, 9.17) is 0 Å². The summed E-state index contributed by atoms with van der Waals surface area (Å²) in [5.74, 6) is -0.103. The Morgan fingerprint density at radius 3 is 2.73 bits per heavy atom. The summed E-state index contributed by atoms with van der Waals surface area (Å²) in [6.45, 7) is 4.02. The Morgan fingerprint density at radius 2 is 2.18 bits per heavy atom. The zero-order valence-electron chi connectivity index (χ0n) is 13.0. The van der Waals surface area contributed by atoms with Crippen LogP contribution in [-0.2, 0) is 9.59 Å². The van der Waals surface area contributed by atoms with Gasteiger partial charge in [-0.2, -0.15) is 0 Å². The Balaban J connectivity index is 1.98. The van der Waals surface area contributed by atoms with Gasteiger partial charge in [0.15, 0.2) is 0 Å². The molecule has 2 amide bonds. The standard InChI is InChI=1S/C15H20IN3O2S/c1-11-9-12(16)22-15(11)19-8-7-18(10-14(19)21)13(20)5-4-6-17(2)3/h4-5,9H,6-8,10H2,1-3H3/b5-4+. The lowest BCUT2D eigenvalue weighted by Crippen LogP contribution is -2.52. The van der Waals surface area contributed by atoms with E-state index >= 15 is 0 Å². The summed E-state index contributed by atoms with van der Waals surface area (Å²) in [6.07, 6.45) is 3.38. The van der Waals surface area contributed by atoms with Crippen LogP contribution >= 0.6 is 33.9 Å². The minimum absolute atomic E-state index is 0.0121. The molecule has 0 radical (unpaired) electrons. The molecule has 1 saturated heterocycles. The Bertz CT molecular complexity index is 598. The van der Waals surface area contributed by atoms with E-state index in [1.54, 1.807) is 27.2 Å². The summed E-state index contributed by atoms with van der Waals surface area (Å²) in [6, 6.07) is 2.08. The zero-order chi connectivity index (χ0) is 16.3. The van der Waals surface area contributed by atoms with Crippen molar-refractivity contribution in [3.63, 3.8) is 0 Å². The summed E-state index contributed by atoms with van der Waals surface area (Å²) in [7, 11) is 3.89. The van der Waals surface area contributed by atoms with Gasteiger partial charge >= 0.3 is 0 Å². The van der Waals surface area contributed by atoms with Crippen LogP contribution < -0.4 is 4.90 Å². The molecule has 0 spiro atoms. The van der Waals surface area contributed by atoms with E-state index in [2.05, 4.69) is 28.7 Å². The number of amides is 2. The van der Waals surface area contributed by atoms with Crippen LogP contribution in [0.4, 0.5) is 5.00 Å². The third-order valence-electron chi connectivity index (χ3n) is 3.37. The molecule has 7 heteroatoms. The highest BCUT2D eigenvalue weighted by atomic mass is 127. The Kier molecular flexibility index (Phi) is 5.99. The van der Waals surface area contributed by atoms with Crippen LogP contribution in [0, 0.1) is 9.81 Å². The van der Waals surface area contributed by atoms with Gasteiger partial charge in [-0.1, -0.05) is 6.08 Å². The molecule has 0 unspecified atom stereocenters. The van der Waals surface area contributed by atoms with Gasteiger partial charge in [-0.25, -0.2) is 0 Å². The lowest BCUT2D eigenvalue weighted by molar-refractivity contribution is -0.133. The number of carbonyl (C=O) groups excluding carboxylic acids is 2. The first-order chi connectivity index (χ1) is 10.4. The fraction of sp³-hybridized carbons (Fsp3) is 0.467. The molecule has 1 aromatic rings. The van der Waals surface area contributed by atoms with Gasteiger partial charge < -0.3 is 14.7 Å². The van der Waals surface area contributed by atoms with Gasteiger partial charge in [0, 0.05) is 25.7 Å². The molecule has 1 fully saturated rings. The van der Waals surface area contributed by atoms with E-state index < -0.39 is 0 Å². The fourth-order valence-corrected chi connectivity index (χ4v) is 4.28. The van der Waals surface area contributed by atoms with Crippen LogP contribution in [0.5, 0.6) is 0 Å². The number of anilines is 1. The number of nitrogens with zero attached hydrogens (tertiary/aromatic N) is 3. The molecular weight excluding hydrogens is 413 g/mol. The predicted molar refractivity (Wildman–Crippen MR) is 98.4 cm³/mol. The Morgan fingerprint density at radius 1 is 1.45 bits per heavy atom. The lowest BCUT2D eigenvalue weighted by atomic mass is 10.2. The number of carbonyl (C=O) groups is 2. The van der Waals surface area contributed by atoms with Crippen molar-refractivity contribution in [2.75, 3.05) is 45.2 Å². The van der Waals surface area contributed by atoms with Crippen LogP contribution in [0.1, 0.15) is 5.56 Å². The number of rotatable bonds is 4. The third kappa shape index (κ3) is 4.30. The van der Waals surface area contributed by atoms with E-state index in [9.17, 15) is 9.59 Å². The smallest absolute Gasteiger partial charge is 0.247 e. The summed E-state index contributed by atoms with van der Waals surface area (Å²) < 4.78 is 1.17. The van der Waals surface area contributed by atoms with E-state index in [0.29, 0.717) is 19.6 Å². The average Bonchev–Trinajstić information content (AvgIpc) is 2.77. The summed E-state index contributed by atoms with van der Waals surface area (Å²) in [5.41, 5.74) is 1.12. The second kappa shape index (κ2) is 7.56. The molecule has 1 aromatic heterocycles. The van der Waals surface area contributed by atoms with E-state index in [0.717, 1.165) is 10.6 Å². The highest BCUT2D eigenvalue weighted by molar-refractivity contribution is 14.1. The molecule has 0 aromatic carbocycles. The third-order valence-corrected chi connectivity index (χ3v) is 5.39. The molecule has 0 bridgehead atoms. The summed E-state index contributed by atoms with van der Waals surface area (Å²) in [4.78, 5) is 29.8. The summed E-state index contributed by atoms with van der Waals surface area (Å²) in [5, 5.41) is 1.00. The molecule has 2 heterocycles. The number of hydrogen-bond acceptors (Lipinski definition) is 4. The molecule has 0 aliphatic carbocycles. The number of halogens is 1. The van der Waals surface area contributed by atoms with Gasteiger partial charge in [0.2, 0.25) is 11.8 Å². The highest BCUT2D eigenvalue weighted by Crippen LogP contribution is 2.32. The molecule has 1 aliphatic heterocycles. The van der Waals surface area contributed by atoms with Crippen molar-refractivity contribution in [3.05, 3.63) is 26.7 Å². The van der Waals surface area contributed by atoms with Crippen molar-refractivity contribution in [2.24, 2.45) is 0 Å². The quantitative estimate of drug-likeness (QED) is 0.539. The van der Waals surface area contributed by atoms with E-state index in [1.165, 1.54) is 2.88 Å². The lowest BCUT2D eigenvalue weighted by Gasteiger charge is -2.33. The molecule has 1 aliphatic rings. The molecule has 0 atom stereocenters. The van der Waals surface area contributed by atoms with Crippen molar-refractivity contribution in [2.45, 2.75) is 6.92 Å². The number of thiophene rings is 1. The molecule has 0 N–H and O–H groups in total. The first-order valence-electron chi connectivity index (χ1n) is 7.05. The maximum Gasteiger partial charge on any atom is 0.247 e. The van der Waals surface area contributed by atoms with Crippen LogP contribution in [0.25, 0.3) is 0 Å². The normalized spacial score (nSPS) is 16.1. The largest absolute Gasteiger partial charge is 0.328 e. The number of likely N-dealkylation sites (N-methyl/N-ethyl adjacent to an activating group) is 1. The van der Waals surface area contributed by atoms with Gasteiger partial charge in [0.05, 0.1) is 2.88 Å². The van der Waals surface area contributed by atoms with Crippen LogP contribution in [0.2, 0.25) is 0 Å². The van der Waals surface area contributed by atoms with Crippen LogP contribution in [0.15, 0.2) is 18.2 Å². The zero-order valence-corrected chi connectivity index (χ0v) is 16.0. The molecule has 0 saturated carbocycles. The molecule has 120 valence electrons. The monoisotopic (exact) mass is 433 g/mol. The van der Waals surface area contributed by atoms with Gasteiger partial charge in [-0.15, -0.1) is 11.3 Å². The second-order valence-electron chi connectivity index (χ2n) is 5.51. The second-order valence-corrected chi connectivity index (χ2v) is 8.43. The molecule has 5 nitrogen and oxygen atoms in total. The maximum absolute atomic E-state index is 12.4. The minimum atomic E-state index is -0.0904. The molecule has 2 rings (SSSR count). The minimum Gasteiger partial charge on any atom is -0.328 e. The molecule has 22 heavy (non-hydrogen) atoms. The van der Waals surface area contributed by atoms with Gasteiger partial charge in [-0.05, 0) is 55.2 Å². The van der Waals surface area contributed by atoms with E-state index in [1.807, 2.05) is 32.0 Å². The first-order valence-corrected chi connectivity index (χ1v) is 8.94. The van der Waals surface area contributed by atoms with Crippen LogP contribution in [0.3, 0.4) is 0 Å². The predicted octanol–water partition coefficient (Wildman–Crippen LogP) is 1.95. The van der Waals surface area contributed by atoms with Crippen molar-refractivity contribution in [1.82, 2.24) is 9.80 Å². The Labute approximate surface area is 148 Å². The van der Waals surface area contributed by atoms with Crippen molar-refractivity contribution in [3.8, 4) is 0 Å².